The Morgan fingerprint density at radius 2 is 1.96 bits per heavy atom. The second kappa shape index (κ2) is 6.97. The van der Waals surface area contributed by atoms with Crippen molar-refractivity contribution >= 4 is 11.7 Å². The Labute approximate surface area is 153 Å². The summed E-state index contributed by atoms with van der Waals surface area (Å²) in [6.07, 6.45) is 2.67. The summed E-state index contributed by atoms with van der Waals surface area (Å²) in [5.41, 5.74) is 3.94. The fourth-order valence-corrected chi connectivity index (χ4v) is 3.42. The Morgan fingerprint density at radius 3 is 2.58 bits per heavy atom. The number of aryl methyl sites for hydroxylation is 1. The highest BCUT2D eigenvalue weighted by Gasteiger charge is 2.26. The van der Waals surface area contributed by atoms with E-state index < -0.39 is 0 Å². The summed E-state index contributed by atoms with van der Waals surface area (Å²) in [7, 11) is 0. The van der Waals surface area contributed by atoms with Gasteiger partial charge < -0.3 is 4.90 Å². The molecule has 0 radical (unpaired) electrons. The van der Waals surface area contributed by atoms with E-state index in [4.69, 9.17) is 0 Å². The van der Waals surface area contributed by atoms with E-state index >= 15 is 0 Å². The number of carbonyl (C=O) groups excluding carboxylic acids is 2. The molecule has 0 saturated heterocycles. The second-order valence-electron chi connectivity index (χ2n) is 7.37. The minimum Gasteiger partial charge on any atom is -0.331 e. The van der Waals surface area contributed by atoms with Gasteiger partial charge in [0.15, 0.2) is 5.78 Å². The Hall–Kier alpha value is -2.57. The van der Waals surface area contributed by atoms with Crippen LogP contribution in [0.2, 0.25) is 0 Å². The maximum Gasteiger partial charge on any atom is 0.244 e. The average Bonchev–Trinajstić information content (AvgIpc) is 3.07. The highest BCUT2D eigenvalue weighted by atomic mass is 16.2. The van der Waals surface area contributed by atoms with Crippen LogP contribution in [-0.4, -0.2) is 36.3 Å². The predicted octanol–water partition coefficient (Wildman–Crippen LogP) is 2.23. The minimum absolute atomic E-state index is 0.0276. The molecule has 138 valence electrons. The van der Waals surface area contributed by atoms with Crippen molar-refractivity contribution in [3.8, 4) is 0 Å². The van der Waals surface area contributed by atoms with Gasteiger partial charge in [0, 0.05) is 30.4 Å². The fraction of sp³-hybridized carbons (Fsp3) is 0.526. The lowest BCUT2D eigenvalue weighted by Gasteiger charge is -2.15. The number of fused-ring (bicyclic) bond motifs is 1. The number of Topliss-reactive ketones (excluding diaryl/α,β-unsaturated/α-hetero) is 1. The first kappa shape index (κ1) is 18.2. The van der Waals surface area contributed by atoms with Crippen LogP contribution in [0.1, 0.15) is 59.6 Å². The molecule has 3 heterocycles. The number of hydrogen-bond donors (Lipinski definition) is 0. The fourth-order valence-electron chi connectivity index (χ4n) is 3.42. The van der Waals surface area contributed by atoms with E-state index in [1.165, 1.54) is 6.92 Å². The summed E-state index contributed by atoms with van der Waals surface area (Å²) in [5.74, 6) is 1.26. The van der Waals surface area contributed by atoms with Gasteiger partial charge in [0.05, 0.1) is 23.5 Å². The van der Waals surface area contributed by atoms with E-state index in [9.17, 15) is 9.59 Å². The Kier molecular flexibility index (Phi) is 4.89. The van der Waals surface area contributed by atoms with E-state index in [1.54, 1.807) is 16.5 Å². The zero-order valence-electron chi connectivity index (χ0n) is 16.0. The SMILES string of the molecule is CC(=O)c1c(C)nn(CC(=O)N2Cc3cnc(CC(C)C)nc3C2)c1C. The van der Waals surface area contributed by atoms with Crippen molar-refractivity contribution in [2.45, 2.75) is 60.7 Å². The zero-order chi connectivity index (χ0) is 19.0. The first-order valence-electron chi connectivity index (χ1n) is 8.92. The van der Waals surface area contributed by atoms with Gasteiger partial charge in [0.2, 0.25) is 5.91 Å². The van der Waals surface area contributed by atoms with Gasteiger partial charge >= 0.3 is 0 Å². The van der Waals surface area contributed by atoms with Gasteiger partial charge in [-0.1, -0.05) is 13.8 Å². The van der Waals surface area contributed by atoms with Crippen LogP contribution in [0.25, 0.3) is 0 Å². The molecule has 26 heavy (non-hydrogen) atoms. The van der Waals surface area contributed by atoms with Crippen molar-refractivity contribution in [1.29, 1.82) is 0 Å². The molecule has 0 atom stereocenters. The van der Waals surface area contributed by atoms with Crippen molar-refractivity contribution in [2.75, 3.05) is 0 Å². The number of aromatic nitrogens is 4. The van der Waals surface area contributed by atoms with Crippen LogP contribution in [0.4, 0.5) is 0 Å². The van der Waals surface area contributed by atoms with Crippen molar-refractivity contribution in [1.82, 2.24) is 24.6 Å². The molecule has 0 bridgehead atoms. The Morgan fingerprint density at radius 1 is 1.23 bits per heavy atom. The number of nitrogens with zero attached hydrogens (tertiary/aromatic N) is 5. The maximum absolute atomic E-state index is 12.7. The molecule has 1 aliphatic rings. The van der Waals surface area contributed by atoms with Gasteiger partial charge in [0.1, 0.15) is 12.4 Å². The summed E-state index contributed by atoms with van der Waals surface area (Å²) in [5, 5.41) is 4.36. The maximum atomic E-state index is 12.7. The first-order chi connectivity index (χ1) is 12.3. The highest BCUT2D eigenvalue weighted by Crippen LogP contribution is 2.22. The van der Waals surface area contributed by atoms with Crippen molar-refractivity contribution < 1.29 is 9.59 Å². The lowest BCUT2D eigenvalue weighted by atomic mass is 10.1. The Bertz CT molecular complexity index is 869. The van der Waals surface area contributed by atoms with Gasteiger partial charge in [-0.2, -0.15) is 5.10 Å². The number of hydrogen-bond acceptors (Lipinski definition) is 5. The number of rotatable bonds is 5. The molecule has 0 aromatic carbocycles. The smallest absolute Gasteiger partial charge is 0.244 e. The quantitative estimate of drug-likeness (QED) is 0.768. The molecule has 7 heteroatoms. The van der Waals surface area contributed by atoms with Gasteiger partial charge in [0.25, 0.3) is 0 Å². The molecular weight excluding hydrogens is 330 g/mol. The molecule has 1 aliphatic heterocycles. The molecule has 0 saturated carbocycles. The van der Waals surface area contributed by atoms with Crippen LogP contribution in [-0.2, 0) is 30.8 Å². The van der Waals surface area contributed by atoms with Gasteiger partial charge in [-0.05, 0) is 26.7 Å². The lowest BCUT2D eigenvalue weighted by Crippen LogP contribution is -2.30. The summed E-state index contributed by atoms with van der Waals surface area (Å²) < 4.78 is 1.62. The van der Waals surface area contributed by atoms with Crippen molar-refractivity contribution in [2.24, 2.45) is 5.92 Å². The molecular formula is C19H25N5O2. The summed E-state index contributed by atoms with van der Waals surface area (Å²) in [4.78, 5) is 35.3. The monoisotopic (exact) mass is 355 g/mol. The summed E-state index contributed by atoms with van der Waals surface area (Å²) in [6.45, 7) is 10.6. The molecule has 0 fully saturated rings. The predicted molar refractivity (Wildman–Crippen MR) is 96.5 cm³/mol. The van der Waals surface area contributed by atoms with E-state index in [0.717, 1.165) is 29.2 Å². The van der Waals surface area contributed by atoms with Crippen molar-refractivity contribution in [3.05, 3.63) is 40.2 Å². The largest absolute Gasteiger partial charge is 0.331 e. The third-order valence-corrected chi connectivity index (χ3v) is 4.67. The number of amides is 1. The van der Waals surface area contributed by atoms with Crippen molar-refractivity contribution in [3.63, 3.8) is 0 Å². The van der Waals surface area contributed by atoms with Gasteiger partial charge in [-0.3, -0.25) is 14.3 Å². The first-order valence-corrected chi connectivity index (χ1v) is 8.92. The Balaban J connectivity index is 1.72. The van der Waals surface area contributed by atoms with Gasteiger partial charge in [-0.25, -0.2) is 9.97 Å². The topological polar surface area (TPSA) is 81.0 Å². The zero-order valence-corrected chi connectivity index (χ0v) is 16.0. The van der Waals surface area contributed by atoms with Crippen LogP contribution in [0.3, 0.4) is 0 Å². The minimum atomic E-state index is -0.0332. The van der Waals surface area contributed by atoms with Crippen LogP contribution >= 0.6 is 0 Å². The molecule has 0 unspecified atom stereocenters. The number of carbonyl (C=O) groups is 2. The molecule has 2 aromatic heterocycles. The van der Waals surface area contributed by atoms with E-state index in [-0.39, 0.29) is 18.2 Å². The van der Waals surface area contributed by atoms with E-state index in [2.05, 4.69) is 28.9 Å². The number of ketones is 1. The third kappa shape index (κ3) is 3.52. The standard InChI is InChI=1S/C19H25N5O2/c1-11(2)6-17-20-7-15-8-23(9-16(15)21-17)18(26)10-24-13(4)19(14(5)25)12(3)22-24/h7,11H,6,8-10H2,1-5H3. The highest BCUT2D eigenvalue weighted by molar-refractivity contribution is 5.96. The second-order valence-corrected chi connectivity index (χ2v) is 7.37. The molecule has 0 aliphatic carbocycles. The molecule has 7 nitrogen and oxygen atoms in total. The van der Waals surface area contributed by atoms with E-state index in [1.807, 2.05) is 13.1 Å². The average molecular weight is 355 g/mol. The van der Waals surface area contributed by atoms with Crippen LogP contribution in [0, 0.1) is 19.8 Å². The summed E-state index contributed by atoms with van der Waals surface area (Å²) >= 11 is 0. The third-order valence-electron chi connectivity index (χ3n) is 4.67. The molecule has 1 amide bonds. The molecule has 3 rings (SSSR count). The van der Waals surface area contributed by atoms with Crippen LogP contribution < -0.4 is 0 Å². The molecule has 0 spiro atoms. The molecule has 2 aromatic rings. The normalized spacial score (nSPS) is 13.4. The van der Waals surface area contributed by atoms with Crippen LogP contribution in [0.15, 0.2) is 6.20 Å². The van der Waals surface area contributed by atoms with Gasteiger partial charge in [-0.15, -0.1) is 0 Å². The lowest BCUT2D eigenvalue weighted by molar-refractivity contribution is -0.132. The summed E-state index contributed by atoms with van der Waals surface area (Å²) in [6, 6.07) is 0. The van der Waals surface area contributed by atoms with E-state index in [0.29, 0.717) is 30.3 Å². The molecule has 0 N–H and O–H groups in total. The van der Waals surface area contributed by atoms with Crippen LogP contribution in [0.5, 0.6) is 0 Å².